The molecule has 3 rings (SSSR count). The van der Waals surface area contributed by atoms with Crippen LogP contribution in [-0.4, -0.2) is 28.9 Å². The maximum Gasteiger partial charge on any atom is 0.307 e. The molecule has 2 fully saturated rings. The first kappa shape index (κ1) is 18.7. The fourth-order valence-corrected chi connectivity index (χ4v) is 4.06. The lowest BCUT2D eigenvalue weighted by atomic mass is 10.1. The summed E-state index contributed by atoms with van der Waals surface area (Å²) in [5.74, 6) is -2.90. The van der Waals surface area contributed by atoms with Crippen LogP contribution in [0.2, 0.25) is 5.02 Å². The predicted octanol–water partition coefficient (Wildman–Crippen LogP) is 3.31. The largest absolute Gasteiger partial charge is 0.481 e. The van der Waals surface area contributed by atoms with Crippen molar-refractivity contribution in [2.75, 3.05) is 5.32 Å². The molecule has 140 valence electrons. The summed E-state index contributed by atoms with van der Waals surface area (Å²) < 4.78 is 0. The molecule has 2 atom stereocenters. The van der Waals surface area contributed by atoms with Crippen molar-refractivity contribution in [1.82, 2.24) is 5.32 Å². The van der Waals surface area contributed by atoms with E-state index in [2.05, 4.69) is 10.6 Å². The monoisotopic (exact) mass is 378 g/mol. The van der Waals surface area contributed by atoms with Gasteiger partial charge in [-0.3, -0.25) is 14.4 Å². The smallest absolute Gasteiger partial charge is 0.307 e. The van der Waals surface area contributed by atoms with Crippen molar-refractivity contribution in [2.24, 2.45) is 17.3 Å². The molecular weight excluding hydrogens is 356 g/mol. The Morgan fingerprint density at radius 1 is 1.15 bits per heavy atom. The van der Waals surface area contributed by atoms with Crippen molar-refractivity contribution in [2.45, 2.75) is 45.6 Å². The molecule has 0 saturated heterocycles. The second kappa shape index (κ2) is 6.91. The summed E-state index contributed by atoms with van der Waals surface area (Å²) in [6.07, 6.45) is 4.20. The minimum Gasteiger partial charge on any atom is -0.481 e. The van der Waals surface area contributed by atoms with Gasteiger partial charge in [0, 0.05) is 11.6 Å². The van der Waals surface area contributed by atoms with Crippen molar-refractivity contribution >= 4 is 35.1 Å². The Hall–Kier alpha value is -2.08. The zero-order chi connectivity index (χ0) is 19.1. The van der Waals surface area contributed by atoms with Gasteiger partial charge in [-0.2, -0.15) is 0 Å². The molecule has 7 heteroatoms. The Kier molecular flexibility index (Phi) is 4.97. The number of carboxylic acid groups (broad SMARTS) is 1. The molecule has 2 aliphatic carbocycles. The molecule has 0 spiro atoms. The summed E-state index contributed by atoms with van der Waals surface area (Å²) in [6.45, 7) is 3.51. The molecule has 1 aromatic carbocycles. The third-order valence-electron chi connectivity index (χ3n) is 5.55. The molecule has 2 saturated carbocycles. The zero-order valence-corrected chi connectivity index (χ0v) is 15.6. The first-order valence-corrected chi connectivity index (χ1v) is 9.23. The number of hydrogen-bond acceptors (Lipinski definition) is 3. The van der Waals surface area contributed by atoms with Gasteiger partial charge in [-0.15, -0.1) is 0 Å². The van der Waals surface area contributed by atoms with Gasteiger partial charge in [0.2, 0.25) is 5.91 Å². The first-order chi connectivity index (χ1) is 12.2. The van der Waals surface area contributed by atoms with E-state index in [4.69, 9.17) is 11.6 Å². The van der Waals surface area contributed by atoms with Crippen molar-refractivity contribution in [3.05, 3.63) is 28.8 Å². The molecule has 2 aliphatic rings. The lowest BCUT2D eigenvalue weighted by Crippen LogP contribution is -2.32. The summed E-state index contributed by atoms with van der Waals surface area (Å²) in [6, 6.07) is 4.91. The highest BCUT2D eigenvalue weighted by molar-refractivity contribution is 6.34. The highest BCUT2D eigenvalue weighted by Gasteiger charge is 2.65. The molecule has 0 unspecified atom stereocenters. The van der Waals surface area contributed by atoms with Crippen molar-refractivity contribution < 1.29 is 19.5 Å². The quantitative estimate of drug-likeness (QED) is 0.732. The number of benzene rings is 1. The van der Waals surface area contributed by atoms with Crippen molar-refractivity contribution in [3.8, 4) is 0 Å². The van der Waals surface area contributed by atoms with Gasteiger partial charge in [-0.25, -0.2) is 0 Å². The van der Waals surface area contributed by atoms with E-state index >= 15 is 0 Å². The molecular formula is C19H23ClN2O4. The van der Waals surface area contributed by atoms with Crippen molar-refractivity contribution in [3.63, 3.8) is 0 Å². The minimum atomic E-state index is -0.981. The Labute approximate surface area is 157 Å². The lowest BCUT2D eigenvalue weighted by molar-refractivity contribution is -0.140. The van der Waals surface area contributed by atoms with Crippen LogP contribution in [0.4, 0.5) is 5.69 Å². The van der Waals surface area contributed by atoms with Gasteiger partial charge in [0.15, 0.2) is 0 Å². The zero-order valence-electron chi connectivity index (χ0n) is 14.8. The van der Waals surface area contributed by atoms with Gasteiger partial charge in [-0.1, -0.05) is 38.3 Å². The maximum atomic E-state index is 12.5. The highest BCUT2D eigenvalue weighted by Crippen LogP contribution is 2.58. The highest BCUT2D eigenvalue weighted by atomic mass is 35.5. The summed E-state index contributed by atoms with van der Waals surface area (Å²) in [4.78, 5) is 36.1. The number of carbonyl (C=O) groups excluding carboxylic acids is 2. The normalized spacial score (nSPS) is 24.1. The maximum absolute atomic E-state index is 12.5. The third-order valence-corrected chi connectivity index (χ3v) is 5.88. The molecule has 6 nitrogen and oxygen atoms in total. The van der Waals surface area contributed by atoms with Crippen LogP contribution in [0.5, 0.6) is 0 Å². The number of anilines is 1. The average molecular weight is 379 g/mol. The second-order valence-corrected chi connectivity index (χ2v) is 8.16. The van der Waals surface area contributed by atoms with Crippen LogP contribution in [0.3, 0.4) is 0 Å². The number of halogens is 1. The van der Waals surface area contributed by atoms with Crippen LogP contribution in [0.1, 0.15) is 49.9 Å². The Morgan fingerprint density at radius 3 is 2.38 bits per heavy atom. The summed E-state index contributed by atoms with van der Waals surface area (Å²) in [7, 11) is 0. The Balaban J connectivity index is 1.71. The van der Waals surface area contributed by atoms with Crippen LogP contribution in [0.15, 0.2) is 18.2 Å². The van der Waals surface area contributed by atoms with Gasteiger partial charge in [-0.05, 0) is 36.5 Å². The molecule has 26 heavy (non-hydrogen) atoms. The van der Waals surface area contributed by atoms with Crippen LogP contribution in [-0.2, 0) is 9.59 Å². The van der Waals surface area contributed by atoms with Gasteiger partial charge in [0.25, 0.3) is 5.91 Å². The number of nitrogens with one attached hydrogen (secondary N) is 2. The molecule has 1 aromatic rings. The second-order valence-electron chi connectivity index (χ2n) is 7.75. The number of hydrogen-bond donors (Lipinski definition) is 3. The molecule has 0 aliphatic heterocycles. The topological polar surface area (TPSA) is 95.5 Å². The van der Waals surface area contributed by atoms with Gasteiger partial charge in [0.1, 0.15) is 0 Å². The van der Waals surface area contributed by atoms with E-state index < -0.39 is 29.1 Å². The number of carboxylic acids is 1. The molecule has 0 heterocycles. The predicted molar refractivity (Wildman–Crippen MR) is 98.2 cm³/mol. The van der Waals surface area contributed by atoms with E-state index in [0.29, 0.717) is 16.3 Å². The summed E-state index contributed by atoms with van der Waals surface area (Å²) in [5, 5.41) is 15.2. The molecule has 0 bridgehead atoms. The van der Waals surface area contributed by atoms with Gasteiger partial charge in [0.05, 0.1) is 22.5 Å². The number of aliphatic carboxylic acids is 1. The number of rotatable bonds is 5. The number of amides is 2. The standard InChI is InChI=1S/C19H23ClN2O4/c1-19(2)14(15(19)18(25)26)17(24)22-13-9-10(7-8-12(13)20)16(23)21-11-5-3-4-6-11/h7-9,11,14-15H,3-6H2,1-2H3,(H,21,23)(H,22,24)(H,25,26)/t14-,15+/m1/s1. The van der Waals surface area contributed by atoms with E-state index in [1.807, 2.05) is 0 Å². The first-order valence-electron chi connectivity index (χ1n) is 8.86. The van der Waals surface area contributed by atoms with Crippen LogP contribution in [0.25, 0.3) is 0 Å². The van der Waals surface area contributed by atoms with Gasteiger partial charge < -0.3 is 15.7 Å². The van der Waals surface area contributed by atoms with Crippen LogP contribution < -0.4 is 10.6 Å². The Bertz CT molecular complexity index is 756. The SMILES string of the molecule is CC1(C)[C@H](C(=O)O)[C@@H]1C(=O)Nc1cc(C(=O)NC2CCCC2)ccc1Cl. The Morgan fingerprint density at radius 2 is 1.81 bits per heavy atom. The average Bonchev–Trinajstić information content (AvgIpc) is 2.90. The fourth-order valence-electron chi connectivity index (χ4n) is 3.90. The van der Waals surface area contributed by atoms with Crippen molar-refractivity contribution in [1.29, 1.82) is 0 Å². The van der Waals surface area contributed by atoms with Crippen LogP contribution >= 0.6 is 11.6 Å². The number of carbonyl (C=O) groups is 3. The van der Waals surface area contributed by atoms with E-state index in [0.717, 1.165) is 25.7 Å². The minimum absolute atomic E-state index is 0.194. The van der Waals surface area contributed by atoms with E-state index in [1.54, 1.807) is 26.0 Å². The van der Waals surface area contributed by atoms with E-state index in [-0.39, 0.29) is 11.9 Å². The van der Waals surface area contributed by atoms with E-state index in [1.165, 1.54) is 6.07 Å². The third kappa shape index (κ3) is 3.56. The molecule has 3 N–H and O–H groups in total. The van der Waals surface area contributed by atoms with Gasteiger partial charge >= 0.3 is 5.97 Å². The van der Waals surface area contributed by atoms with Crippen LogP contribution in [0, 0.1) is 17.3 Å². The summed E-state index contributed by atoms with van der Waals surface area (Å²) in [5.41, 5.74) is 0.142. The molecule has 0 radical (unpaired) electrons. The van der Waals surface area contributed by atoms with E-state index in [9.17, 15) is 19.5 Å². The molecule has 2 amide bonds. The lowest BCUT2D eigenvalue weighted by Gasteiger charge is -2.14. The fraction of sp³-hybridized carbons (Fsp3) is 0.526. The molecule has 0 aromatic heterocycles. The summed E-state index contributed by atoms with van der Waals surface area (Å²) >= 11 is 6.15.